The van der Waals surface area contributed by atoms with Gasteiger partial charge in [-0.05, 0) is 19.1 Å². The van der Waals surface area contributed by atoms with E-state index in [1.165, 1.54) is 0 Å². The zero-order valence-electron chi connectivity index (χ0n) is 8.13. The van der Waals surface area contributed by atoms with Gasteiger partial charge in [-0.2, -0.15) is 0 Å². The van der Waals surface area contributed by atoms with E-state index in [1.54, 1.807) is 23.9 Å². The van der Waals surface area contributed by atoms with Gasteiger partial charge >= 0.3 is 0 Å². The first-order chi connectivity index (χ1) is 7.16. The van der Waals surface area contributed by atoms with Gasteiger partial charge in [0.2, 0.25) is 0 Å². The molecule has 1 aliphatic heterocycles. The van der Waals surface area contributed by atoms with Gasteiger partial charge in [-0.3, -0.25) is 4.99 Å². The van der Waals surface area contributed by atoms with Gasteiger partial charge in [-0.15, -0.1) is 0 Å². The van der Waals surface area contributed by atoms with Crippen LogP contribution >= 0.6 is 35.0 Å². The van der Waals surface area contributed by atoms with Crippen molar-refractivity contribution in [2.45, 2.75) is 13.0 Å². The van der Waals surface area contributed by atoms with Crippen molar-refractivity contribution in [1.29, 1.82) is 0 Å². The largest absolute Gasteiger partial charge is 0.333 e. The van der Waals surface area contributed by atoms with Crippen LogP contribution in [0.1, 0.15) is 6.92 Å². The molecule has 1 heterocycles. The van der Waals surface area contributed by atoms with Crippen molar-refractivity contribution in [1.82, 2.24) is 0 Å². The van der Waals surface area contributed by atoms with Crippen molar-refractivity contribution in [2.24, 2.45) is 4.99 Å². The average molecular weight is 261 g/mol. The van der Waals surface area contributed by atoms with E-state index in [2.05, 4.69) is 17.2 Å². The molecule has 0 saturated heterocycles. The second-order valence-electron chi connectivity index (χ2n) is 3.32. The molecule has 1 aromatic rings. The zero-order valence-corrected chi connectivity index (χ0v) is 10.5. The van der Waals surface area contributed by atoms with E-state index in [9.17, 15) is 0 Å². The molecule has 2 rings (SSSR count). The Labute approximate surface area is 103 Å². The molecule has 1 aromatic carbocycles. The van der Waals surface area contributed by atoms with Crippen LogP contribution in [0.3, 0.4) is 0 Å². The lowest BCUT2D eigenvalue weighted by molar-refractivity contribution is 0.865. The minimum atomic E-state index is 0.360. The van der Waals surface area contributed by atoms with E-state index in [0.717, 1.165) is 16.6 Å². The third-order valence-corrected chi connectivity index (χ3v) is 3.75. The second-order valence-corrected chi connectivity index (χ2v) is 5.14. The van der Waals surface area contributed by atoms with Crippen LogP contribution in [0.5, 0.6) is 0 Å². The van der Waals surface area contributed by atoms with E-state index in [1.807, 2.05) is 6.07 Å². The number of amidine groups is 1. The highest BCUT2D eigenvalue weighted by Gasteiger charge is 2.15. The molecule has 0 amide bonds. The molecule has 1 aliphatic rings. The molecule has 5 heteroatoms. The van der Waals surface area contributed by atoms with Crippen LogP contribution < -0.4 is 5.32 Å². The number of nitrogens with zero attached hydrogens (tertiary/aromatic N) is 1. The number of hydrogen-bond donors (Lipinski definition) is 1. The second kappa shape index (κ2) is 4.64. The topological polar surface area (TPSA) is 24.4 Å². The smallest absolute Gasteiger partial charge is 0.161 e. The molecular weight excluding hydrogens is 251 g/mol. The van der Waals surface area contributed by atoms with Crippen molar-refractivity contribution < 1.29 is 0 Å². The Balaban J connectivity index is 2.21. The lowest BCUT2D eigenvalue weighted by Gasteiger charge is -2.08. The maximum atomic E-state index is 6.03. The van der Waals surface area contributed by atoms with Crippen molar-refractivity contribution in [3.8, 4) is 0 Å². The number of para-hydroxylation sites is 1. The summed E-state index contributed by atoms with van der Waals surface area (Å²) in [4.78, 5) is 4.42. The molecule has 0 saturated carbocycles. The van der Waals surface area contributed by atoms with Gasteiger partial charge in [-0.1, -0.05) is 41.0 Å². The molecule has 0 aromatic heterocycles. The molecule has 1 atom stereocenters. The number of hydrogen-bond acceptors (Lipinski definition) is 3. The monoisotopic (exact) mass is 260 g/mol. The van der Waals surface area contributed by atoms with Crippen LogP contribution in [0.15, 0.2) is 23.2 Å². The minimum absolute atomic E-state index is 0.360. The van der Waals surface area contributed by atoms with Crippen molar-refractivity contribution in [3.63, 3.8) is 0 Å². The molecule has 0 aliphatic carbocycles. The molecule has 15 heavy (non-hydrogen) atoms. The summed E-state index contributed by atoms with van der Waals surface area (Å²) in [6.07, 6.45) is 0. The Hall–Kier alpha value is -0.380. The van der Waals surface area contributed by atoms with Gasteiger partial charge in [0.05, 0.1) is 21.8 Å². The predicted molar refractivity (Wildman–Crippen MR) is 69.4 cm³/mol. The SMILES string of the molecule is CC1CSC(Nc2c(Cl)cccc2Cl)=N1. The van der Waals surface area contributed by atoms with Gasteiger partial charge in [0, 0.05) is 5.75 Å². The first-order valence-corrected chi connectivity index (χ1v) is 6.32. The number of nitrogens with one attached hydrogen (secondary N) is 1. The number of anilines is 1. The summed E-state index contributed by atoms with van der Waals surface area (Å²) in [5.41, 5.74) is 0.737. The standard InChI is InChI=1S/C10H10Cl2N2S/c1-6-5-15-10(13-6)14-9-7(11)3-2-4-8(9)12/h2-4,6H,5H2,1H3,(H,13,14). The molecular formula is C10H10Cl2N2S. The highest BCUT2D eigenvalue weighted by atomic mass is 35.5. The van der Waals surface area contributed by atoms with Gasteiger partial charge in [0.1, 0.15) is 0 Å². The molecule has 0 bridgehead atoms. The Morgan fingerprint density at radius 3 is 2.60 bits per heavy atom. The number of benzene rings is 1. The average Bonchev–Trinajstić information content (AvgIpc) is 2.58. The summed E-state index contributed by atoms with van der Waals surface area (Å²) in [5, 5.41) is 5.28. The van der Waals surface area contributed by atoms with E-state index >= 15 is 0 Å². The minimum Gasteiger partial charge on any atom is -0.333 e. The maximum Gasteiger partial charge on any atom is 0.161 e. The van der Waals surface area contributed by atoms with Crippen molar-refractivity contribution in [2.75, 3.05) is 11.1 Å². The van der Waals surface area contributed by atoms with E-state index in [-0.39, 0.29) is 0 Å². The van der Waals surface area contributed by atoms with Crippen molar-refractivity contribution in [3.05, 3.63) is 28.2 Å². The summed E-state index contributed by atoms with van der Waals surface area (Å²) in [5.74, 6) is 1.00. The lowest BCUT2D eigenvalue weighted by Crippen LogP contribution is -2.06. The van der Waals surface area contributed by atoms with Gasteiger partial charge < -0.3 is 5.32 Å². The zero-order chi connectivity index (χ0) is 10.8. The Bertz CT molecular complexity index is 386. The summed E-state index contributed by atoms with van der Waals surface area (Å²) in [6, 6.07) is 5.79. The Morgan fingerprint density at radius 1 is 1.40 bits per heavy atom. The Kier molecular flexibility index (Phi) is 3.44. The number of aliphatic imine (C=N–C) groups is 1. The highest BCUT2D eigenvalue weighted by molar-refractivity contribution is 8.14. The molecule has 80 valence electrons. The lowest BCUT2D eigenvalue weighted by atomic mass is 10.3. The van der Waals surface area contributed by atoms with Crippen LogP contribution in [-0.2, 0) is 0 Å². The maximum absolute atomic E-state index is 6.03. The highest BCUT2D eigenvalue weighted by Crippen LogP contribution is 2.31. The quantitative estimate of drug-likeness (QED) is 0.829. The van der Waals surface area contributed by atoms with Crippen LogP contribution in [0.2, 0.25) is 10.0 Å². The molecule has 2 nitrogen and oxygen atoms in total. The fourth-order valence-corrected chi connectivity index (χ4v) is 2.66. The van der Waals surface area contributed by atoms with Crippen molar-refractivity contribution >= 4 is 45.8 Å². The predicted octanol–water partition coefficient (Wildman–Crippen LogP) is 3.90. The van der Waals surface area contributed by atoms with Gasteiger partial charge in [-0.25, -0.2) is 0 Å². The third kappa shape index (κ3) is 2.60. The molecule has 0 fully saturated rings. The molecule has 0 spiro atoms. The molecule has 0 radical (unpaired) electrons. The fraction of sp³-hybridized carbons (Fsp3) is 0.300. The fourth-order valence-electron chi connectivity index (χ4n) is 1.27. The normalized spacial score (nSPS) is 20.2. The summed E-state index contributed by atoms with van der Waals surface area (Å²) in [6.45, 7) is 2.08. The van der Waals surface area contributed by atoms with Crippen LogP contribution in [0.4, 0.5) is 5.69 Å². The van der Waals surface area contributed by atoms with E-state index in [4.69, 9.17) is 23.2 Å². The van der Waals surface area contributed by atoms with Gasteiger partial charge in [0.25, 0.3) is 0 Å². The first kappa shape index (κ1) is 11.1. The number of thioether (sulfide) groups is 1. The Morgan fingerprint density at radius 2 is 2.07 bits per heavy atom. The first-order valence-electron chi connectivity index (χ1n) is 4.58. The van der Waals surface area contributed by atoms with E-state index in [0.29, 0.717) is 16.1 Å². The number of rotatable bonds is 1. The summed E-state index contributed by atoms with van der Waals surface area (Å²) < 4.78 is 0. The summed E-state index contributed by atoms with van der Waals surface area (Å²) >= 11 is 13.8. The summed E-state index contributed by atoms with van der Waals surface area (Å²) in [7, 11) is 0. The van der Waals surface area contributed by atoms with Crippen LogP contribution in [0.25, 0.3) is 0 Å². The molecule has 1 unspecified atom stereocenters. The molecule has 1 N–H and O–H groups in total. The number of halogens is 2. The van der Waals surface area contributed by atoms with E-state index < -0.39 is 0 Å². The van der Waals surface area contributed by atoms with Crippen LogP contribution in [-0.4, -0.2) is 17.0 Å². The third-order valence-electron chi connectivity index (χ3n) is 1.99. The van der Waals surface area contributed by atoms with Crippen LogP contribution in [0, 0.1) is 0 Å². The van der Waals surface area contributed by atoms with Gasteiger partial charge in [0.15, 0.2) is 5.17 Å².